The second kappa shape index (κ2) is 13.4. The van der Waals surface area contributed by atoms with Crippen LogP contribution in [0.25, 0.3) is 0 Å². The van der Waals surface area contributed by atoms with Gasteiger partial charge in [0, 0.05) is 83.1 Å². The normalized spacial score (nSPS) is 23.3. The molecule has 9 nitrogen and oxygen atoms in total. The number of fused-ring (bicyclic) bond motifs is 1. The van der Waals surface area contributed by atoms with Gasteiger partial charge in [0.15, 0.2) is 0 Å². The van der Waals surface area contributed by atoms with Crippen molar-refractivity contribution < 1.29 is 9.53 Å². The summed E-state index contributed by atoms with van der Waals surface area (Å²) in [4.78, 5) is 31.1. The van der Waals surface area contributed by atoms with E-state index in [9.17, 15) is 4.79 Å². The Hall–Kier alpha value is -2.59. The fraction of sp³-hybridized carbons (Fsp3) is 0.645. The summed E-state index contributed by atoms with van der Waals surface area (Å²) < 4.78 is 6.22. The Morgan fingerprint density at radius 2 is 1.85 bits per heavy atom. The molecule has 0 aliphatic carbocycles. The van der Waals surface area contributed by atoms with Crippen LogP contribution in [0.15, 0.2) is 36.8 Å². The van der Waals surface area contributed by atoms with Crippen molar-refractivity contribution in [3.05, 3.63) is 53.6 Å². The summed E-state index contributed by atoms with van der Waals surface area (Å²) in [5.41, 5.74) is 3.47. The van der Waals surface area contributed by atoms with Crippen molar-refractivity contribution in [3.8, 4) is 5.75 Å². The number of nitrogens with zero attached hydrogens (tertiary/aromatic N) is 6. The van der Waals surface area contributed by atoms with Crippen molar-refractivity contribution in [2.24, 2.45) is 5.92 Å². The molecule has 1 N–H and O–H groups in total. The van der Waals surface area contributed by atoms with E-state index in [1.54, 1.807) is 6.33 Å². The van der Waals surface area contributed by atoms with Gasteiger partial charge >= 0.3 is 0 Å². The van der Waals surface area contributed by atoms with Gasteiger partial charge < -0.3 is 19.9 Å². The molecule has 3 fully saturated rings. The predicted octanol–water partition coefficient (Wildman–Crippen LogP) is 2.19. The molecule has 1 aromatic carbocycles. The zero-order chi connectivity index (χ0) is 27.1. The molecule has 1 aromatic heterocycles. The van der Waals surface area contributed by atoms with Crippen LogP contribution in [0.3, 0.4) is 0 Å². The lowest BCUT2D eigenvalue weighted by molar-refractivity contribution is -0.133. The highest BCUT2D eigenvalue weighted by atomic mass is 16.5. The number of ether oxygens (including phenoxy) is 1. The first-order chi connectivity index (χ1) is 19.7. The van der Waals surface area contributed by atoms with E-state index in [0.29, 0.717) is 12.5 Å². The van der Waals surface area contributed by atoms with Crippen LogP contribution in [0.1, 0.15) is 48.4 Å². The van der Waals surface area contributed by atoms with Crippen molar-refractivity contribution >= 4 is 5.91 Å². The van der Waals surface area contributed by atoms with Crippen LogP contribution < -0.4 is 10.1 Å². The van der Waals surface area contributed by atoms with Crippen molar-refractivity contribution in [1.82, 2.24) is 34.9 Å². The average molecular weight is 548 g/mol. The molecule has 0 bridgehead atoms. The minimum atomic E-state index is 0.216. The van der Waals surface area contributed by atoms with Crippen LogP contribution in [0, 0.1) is 5.92 Å². The maximum atomic E-state index is 13.2. The number of amides is 1. The highest BCUT2D eigenvalue weighted by Crippen LogP contribution is 2.30. The number of carbonyl (C=O) groups excluding carboxylic acids is 1. The molecule has 0 radical (unpaired) electrons. The summed E-state index contributed by atoms with van der Waals surface area (Å²) in [6, 6.07) is 8.57. The minimum absolute atomic E-state index is 0.216. The SMILES string of the molecule is O=C(CN1Cc2cncnc2C1)N1CCC[C@@H](c2cccc(OCCN3CCN(CC4CCNCC4)CC3)c2)C1. The summed E-state index contributed by atoms with van der Waals surface area (Å²) in [6.07, 6.45) is 8.26. The lowest BCUT2D eigenvalue weighted by Gasteiger charge is -2.37. The van der Waals surface area contributed by atoms with Gasteiger partial charge in [-0.05, 0) is 62.4 Å². The number of hydrogen-bond acceptors (Lipinski definition) is 8. The van der Waals surface area contributed by atoms with Gasteiger partial charge in [-0.2, -0.15) is 0 Å². The fourth-order valence-corrected chi connectivity index (χ4v) is 6.82. The summed E-state index contributed by atoms with van der Waals surface area (Å²) in [5, 5.41) is 3.48. The van der Waals surface area contributed by atoms with Gasteiger partial charge in [-0.3, -0.25) is 14.6 Å². The third-order valence-electron chi connectivity index (χ3n) is 9.23. The molecule has 3 saturated heterocycles. The highest BCUT2D eigenvalue weighted by molar-refractivity contribution is 5.78. The van der Waals surface area contributed by atoms with E-state index in [1.807, 2.05) is 6.20 Å². The van der Waals surface area contributed by atoms with Crippen molar-refractivity contribution in [2.45, 2.75) is 44.7 Å². The van der Waals surface area contributed by atoms with Crippen molar-refractivity contribution in [3.63, 3.8) is 0 Å². The lowest BCUT2D eigenvalue weighted by Crippen LogP contribution is -2.49. The lowest BCUT2D eigenvalue weighted by atomic mass is 9.90. The second-order valence-corrected chi connectivity index (χ2v) is 12.1. The monoisotopic (exact) mass is 547 g/mol. The Labute approximate surface area is 238 Å². The van der Waals surface area contributed by atoms with Crippen molar-refractivity contribution in [1.29, 1.82) is 0 Å². The molecule has 4 aliphatic heterocycles. The average Bonchev–Trinajstić information content (AvgIpc) is 3.41. The molecule has 2 aromatic rings. The van der Waals surface area contributed by atoms with Gasteiger partial charge in [-0.1, -0.05) is 12.1 Å². The number of piperidine rings is 2. The van der Waals surface area contributed by atoms with E-state index >= 15 is 0 Å². The van der Waals surface area contributed by atoms with Crippen molar-refractivity contribution in [2.75, 3.05) is 78.6 Å². The fourth-order valence-electron chi connectivity index (χ4n) is 6.82. The van der Waals surface area contributed by atoms with Crippen LogP contribution in [0.2, 0.25) is 0 Å². The van der Waals surface area contributed by atoms with Crippen LogP contribution in [-0.4, -0.2) is 114 Å². The van der Waals surface area contributed by atoms with Crippen LogP contribution in [0.5, 0.6) is 5.75 Å². The molecule has 0 saturated carbocycles. The maximum Gasteiger partial charge on any atom is 0.236 e. The number of rotatable bonds is 9. The zero-order valence-corrected chi connectivity index (χ0v) is 23.8. The Morgan fingerprint density at radius 1 is 1.00 bits per heavy atom. The predicted molar refractivity (Wildman–Crippen MR) is 155 cm³/mol. The Balaban J connectivity index is 0.929. The van der Waals surface area contributed by atoms with Crippen LogP contribution in [0.4, 0.5) is 0 Å². The number of hydrogen-bond donors (Lipinski definition) is 1. The third kappa shape index (κ3) is 7.18. The van der Waals surface area contributed by atoms with Gasteiger partial charge in [-0.15, -0.1) is 0 Å². The number of carbonyl (C=O) groups is 1. The Morgan fingerprint density at radius 3 is 2.70 bits per heavy atom. The molecular formula is C31H45N7O2. The van der Waals surface area contributed by atoms with Gasteiger partial charge in [0.2, 0.25) is 5.91 Å². The van der Waals surface area contributed by atoms with Gasteiger partial charge in [0.05, 0.1) is 12.2 Å². The topological polar surface area (TPSA) is 77.1 Å². The largest absolute Gasteiger partial charge is 0.492 e. The molecule has 6 rings (SSSR count). The molecule has 4 aliphatic rings. The zero-order valence-electron chi connectivity index (χ0n) is 23.8. The maximum absolute atomic E-state index is 13.2. The van der Waals surface area contributed by atoms with E-state index in [4.69, 9.17) is 4.74 Å². The minimum Gasteiger partial charge on any atom is -0.492 e. The number of aromatic nitrogens is 2. The smallest absolute Gasteiger partial charge is 0.236 e. The number of piperazine rings is 1. The Kier molecular flexibility index (Phi) is 9.22. The van der Waals surface area contributed by atoms with E-state index in [-0.39, 0.29) is 5.91 Å². The summed E-state index contributed by atoms with van der Waals surface area (Å²) in [6.45, 7) is 13.5. The molecular weight excluding hydrogens is 502 g/mol. The van der Waals surface area contributed by atoms with Crippen LogP contribution >= 0.6 is 0 Å². The molecule has 1 amide bonds. The second-order valence-electron chi connectivity index (χ2n) is 12.1. The molecule has 0 spiro atoms. The standard InChI is InChI=1S/C31H45N7O2/c39-31(23-37-20-28-18-33-24-34-30(28)22-37)38-10-2-4-27(21-38)26-3-1-5-29(17-26)40-16-15-35-11-13-36(14-12-35)19-25-6-8-32-9-7-25/h1,3,5,17-18,24-25,27,32H,2,4,6-16,19-23H2/t27-/m1/s1. The van der Waals surface area contributed by atoms with E-state index in [0.717, 1.165) is 88.2 Å². The first kappa shape index (κ1) is 27.6. The first-order valence-electron chi connectivity index (χ1n) is 15.4. The summed E-state index contributed by atoms with van der Waals surface area (Å²) >= 11 is 0. The Bertz CT molecular complexity index is 1090. The molecule has 40 heavy (non-hydrogen) atoms. The quantitative estimate of drug-likeness (QED) is 0.512. The van der Waals surface area contributed by atoms with Gasteiger partial charge in [0.25, 0.3) is 0 Å². The number of benzene rings is 1. The van der Waals surface area contributed by atoms with E-state index in [1.165, 1.54) is 51.1 Å². The van der Waals surface area contributed by atoms with E-state index in [2.05, 4.69) is 59.1 Å². The molecule has 5 heterocycles. The molecule has 1 atom stereocenters. The highest BCUT2D eigenvalue weighted by Gasteiger charge is 2.28. The number of nitrogens with one attached hydrogen (secondary N) is 1. The number of likely N-dealkylation sites (tertiary alicyclic amines) is 1. The molecule has 216 valence electrons. The molecule has 0 unspecified atom stereocenters. The van der Waals surface area contributed by atoms with E-state index < -0.39 is 0 Å². The first-order valence-corrected chi connectivity index (χ1v) is 15.4. The molecule has 9 heteroatoms. The van der Waals surface area contributed by atoms with Gasteiger partial charge in [0.1, 0.15) is 18.7 Å². The summed E-state index contributed by atoms with van der Waals surface area (Å²) in [7, 11) is 0. The van der Waals surface area contributed by atoms with Gasteiger partial charge in [-0.25, -0.2) is 9.97 Å². The third-order valence-corrected chi connectivity index (χ3v) is 9.23. The summed E-state index contributed by atoms with van der Waals surface area (Å²) in [5.74, 6) is 2.39. The van der Waals surface area contributed by atoms with Crippen LogP contribution in [-0.2, 0) is 17.9 Å².